The number of nitrogens with one attached hydrogen (secondary N) is 1. The molecule has 1 aliphatic rings. The van der Waals surface area contributed by atoms with E-state index >= 15 is 0 Å². The molecule has 0 radical (unpaired) electrons. The van der Waals surface area contributed by atoms with Crippen LogP contribution in [0.15, 0.2) is 54.4 Å². The number of pyridine rings is 1. The van der Waals surface area contributed by atoms with Crippen molar-refractivity contribution in [2.24, 2.45) is 11.7 Å². The van der Waals surface area contributed by atoms with Gasteiger partial charge in [-0.15, -0.1) is 16.4 Å². The second kappa shape index (κ2) is 9.62. The molecule has 1 atom stereocenters. The molecule has 1 saturated carbocycles. The molecule has 38 heavy (non-hydrogen) atoms. The van der Waals surface area contributed by atoms with Gasteiger partial charge in [0.1, 0.15) is 22.9 Å². The summed E-state index contributed by atoms with van der Waals surface area (Å²) in [5, 5.41) is 26.8. The average molecular weight is 551 g/mol. The monoisotopic (exact) mass is 550 g/mol. The van der Waals surface area contributed by atoms with Crippen LogP contribution in [0, 0.1) is 16.9 Å². The minimum atomic E-state index is -0.819. The largest absolute Gasteiger partial charge is 0.618 e. The van der Waals surface area contributed by atoms with Crippen LogP contribution in [0.4, 0.5) is 4.39 Å². The van der Waals surface area contributed by atoms with E-state index in [-0.39, 0.29) is 16.4 Å². The molecule has 13 heteroatoms. The van der Waals surface area contributed by atoms with E-state index in [0.29, 0.717) is 45.0 Å². The first-order valence-electron chi connectivity index (χ1n) is 11.8. The molecule has 4 aromatic heterocycles. The second-order valence-corrected chi connectivity index (χ2v) is 10.5. The standard InChI is InChI=1S/C25H20ClFN8O2S/c26-15-4-6-20(34-12-30-32-33-34)16(8-15)14-3-5-21(35(37)10-14)17(7-13-1-2-13)25-29-9-19(31-25)18-11-38-23(22(18)27)24(28)36/h3-6,8-13,17H,1-2,7H2,(H2,28,36)(H,29,31). The van der Waals surface area contributed by atoms with Gasteiger partial charge >= 0.3 is 0 Å². The van der Waals surface area contributed by atoms with Crippen LogP contribution < -0.4 is 10.5 Å². The number of tetrazole rings is 1. The number of amides is 1. The highest BCUT2D eigenvalue weighted by atomic mass is 35.5. The third-order valence-electron chi connectivity index (χ3n) is 6.60. The van der Waals surface area contributed by atoms with Crippen LogP contribution in [-0.4, -0.2) is 36.1 Å². The van der Waals surface area contributed by atoms with Crippen molar-refractivity contribution in [1.82, 2.24) is 30.2 Å². The zero-order valence-corrected chi connectivity index (χ0v) is 21.3. The van der Waals surface area contributed by atoms with Gasteiger partial charge in [-0.2, -0.15) is 9.41 Å². The first-order valence-corrected chi connectivity index (χ1v) is 13.0. The Balaban J connectivity index is 1.37. The summed E-state index contributed by atoms with van der Waals surface area (Å²) in [4.78, 5) is 19.0. The first kappa shape index (κ1) is 24.2. The fourth-order valence-corrected chi connectivity index (χ4v) is 5.50. The number of hydrogen-bond donors (Lipinski definition) is 2. The normalized spacial score (nSPS) is 14.1. The van der Waals surface area contributed by atoms with Crippen molar-refractivity contribution in [3.05, 3.63) is 86.9 Å². The van der Waals surface area contributed by atoms with Crippen LogP contribution in [-0.2, 0) is 0 Å². The zero-order chi connectivity index (χ0) is 26.4. The third kappa shape index (κ3) is 4.52. The minimum absolute atomic E-state index is 0.138. The molecule has 6 rings (SSSR count). The number of imidazole rings is 1. The van der Waals surface area contributed by atoms with Crippen LogP contribution in [0.3, 0.4) is 0 Å². The first-order chi connectivity index (χ1) is 18.4. The molecule has 5 aromatic rings. The molecule has 1 aliphatic carbocycles. The molecule has 1 fully saturated rings. The van der Waals surface area contributed by atoms with Crippen molar-refractivity contribution < 1.29 is 13.9 Å². The third-order valence-corrected chi connectivity index (χ3v) is 7.81. The summed E-state index contributed by atoms with van der Waals surface area (Å²) < 4.78 is 17.1. The lowest BCUT2D eigenvalue weighted by Crippen LogP contribution is -2.34. The van der Waals surface area contributed by atoms with Gasteiger partial charge in [0, 0.05) is 33.2 Å². The van der Waals surface area contributed by atoms with E-state index in [0.717, 1.165) is 35.3 Å². The van der Waals surface area contributed by atoms with E-state index in [2.05, 4.69) is 25.5 Å². The molecule has 0 bridgehead atoms. The highest BCUT2D eigenvalue weighted by Crippen LogP contribution is 2.41. The van der Waals surface area contributed by atoms with Crippen LogP contribution in [0.2, 0.25) is 5.02 Å². The van der Waals surface area contributed by atoms with E-state index in [1.54, 1.807) is 24.3 Å². The number of rotatable bonds is 8. The fourth-order valence-electron chi connectivity index (χ4n) is 4.53. The zero-order valence-electron chi connectivity index (χ0n) is 19.7. The molecule has 4 heterocycles. The Labute approximate surface area is 224 Å². The molecule has 0 aliphatic heterocycles. The number of thiophene rings is 1. The number of H-pyrrole nitrogens is 1. The predicted octanol–water partition coefficient (Wildman–Crippen LogP) is 4.24. The van der Waals surface area contributed by atoms with Gasteiger partial charge in [-0.05, 0) is 47.0 Å². The second-order valence-electron chi connectivity index (χ2n) is 9.15. The van der Waals surface area contributed by atoms with Gasteiger partial charge in [0.15, 0.2) is 12.0 Å². The highest BCUT2D eigenvalue weighted by molar-refractivity contribution is 7.12. The Kier molecular flexibility index (Phi) is 6.12. The summed E-state index contributed by atoms with van der Waals surface area (Å²) in [7, 11) is 0. The van der Waals surface area contributed by atoms with E-state index in [1.807, 2.05) is 6.07 Å². The number of aromatic amines is 1. The van der Waals surface area contributed by atoms with Crippen molar-refractivity contribution in [2.75, 3.05) is 0 Å². The maximum absolute atomic E-state index is 14.7. The molecular formula is C25H20ClFN8O2S. The number of carbonyl (C=O) groups excluding carboxylic acids is 1. The van der Waals surface area contributed by atoms with Gasteiger partial charge in [-0.1, -0.05) is 24.4 Å². The lowest BCUT2D eigenvalue weighted by Gasteiger charge is -2.16. The van der Waals surface area contributed by atoms with Crippen molar-refractivity contribution >= 4 is 28.8 Å². The molecule has 0 spiro atoms. The minimum Gasteiger partial charge on any atom is -0.618 e. The number of halogens is 2. The molecule has 1 amide bonds. The Morgan fingerprint density at radius 2 is 2.16 bits per heavy atom. The molecule has 1 aromatic carbocycles. The molecule has 192 valence electrons. The van der Waals surface area contributed by atoms with Crippen molar-refractivity contribution in [1.29, 1.82) is 0 Å². The summed E-state index contributed by atoms with van der Waals surface area (Å²) in [6.07, 6.45) is 7.37. The van der Waals surface area contributed by atoms with Crippen LogP contribution in [0.1, 0.15) is 46.4 Å². The summed E-state index contributed by atoms with van der Waals surface area (Å²) in [6.45, 7) is 0. The number of aromatic nitrogens is 7. The summed E-state index contributed by atoms with van der Waals surface area (Å²) in [5.41, 5.74) is 8.41. The topological polar surface area (TPSA) is 142 Å². The van der Waals surface area contributed by atoms with Crippen molar-refractivity contribution in [3.8, 4) is 28.1 Å². The van der Waals surface area contributed by atoms with Crippen molar-refractivity contribution in [2.45, 2.75) is 25.2 Å². The van der Waals surface area contributed by atoms with Gasteiger partial charge < -0.3 is 15.9 Å². The quantitative estimate of drug-likeness (QED) is 0.218. The van der Waals surface area contributed by atoms with E-state index < -0.39 is 11.7 Å². The molecule has 10 nitrogen and oxygen atoms in total. The number of carbonyl (C=O) groups is 1. The molecule has 0 saturated heterocycles. The van der Waals surface area contributed by atoms with Gasteiger partial charge in [0.05, 0.1) is 17.6 Å². The highest BCUT2D eigenvalue weighted by Gasteiger charge is 2.33. The number of nitrogens with two attached hydrogens (primary N) is 1. The SMILES string of the molecule is NC(=O)c1scc(-c2cnc(C(CC3CC3)c3ccc(-c4cc(Cl)ccc4-n4cnnn4)c[n+]3[O-])[nH]2)c1F. The van der Waals surface area contributed by atoms with Gasteiger partial charge in [-0.3, -0.25) is 4.79 Å². The average Bonchev–Trinajstić information content (AvgIpc) is 3.27. The summed E-state index contributed by atoms with van der Waals surface area (Å²) in [5.74, 6) is -0.807. The molecular weight excluding hydrogens is 531 g/mol. The maximum atomic E-state index is 14.7. The van der Waals surface area contributed by atoms with Gasteiger partial charge in [0.2, 0.25) is 5.69 Å². The Hall–Kier alpha value is -4.16. The van der Waals surface area contributed by atoms with Gasteiger partial charge in [-0.25, -0.2) is 9.37 Å². The Morgan fingerprint density at radius 3 is 2.84 bits per heavy atom. The lowest BCUT2D eigenvalue weighted by atomic mass is 9.95. The lowest BCUT2D eigenvalue weighted by molar-refractivity contribution is -0.614. The van der Waals surface area contributed by atoms with Crippen molar-refractivity contribution in [3.63, 3.8) is 0 Å². The van der Waals surface area contributed by atoms with E-state index in [1.165, 1.54) is 28.8 Å². The number of hydrogen-bond acceptors (Lipinski definition) is 7. The van der Waals surface area contributed by atoms with Crippen LogP contribution in [0.5, 0.6) is 0 Å². The van der Waals surface area contributed by atoms with Crippen LogP contribution >= 0.6 is 22.9 Å². The predicted molar refractivity (Wildman–Crippen MR) is 138 cm³/mol. The Morgan fingerprint density at radius 1 is 1.32 bits per heavy atom. The van der Waals surface area contributed by atoms with Gasteiger partial charge in [0.25, 0.3) is 5.91 Å². The number of nitrogens with zero attached hydrogens (tertiary/aromatic N) is 6. The molecule has 1 unspecified atom stereocenters. The van der Waals surface area contributed by atoms with E-state index in [4.69, 9.17) is 17.3 Å². The number of primary amides is 1. The smallest absolute Gasteiger partial charge is 0.261 e. The maximum Gasteiger partial charge on any atom is 0.261 e. The fraction of sp³-hybridized carbons (Fsp3) is 0.200. The number of benzene rings is 1. The van der Waals surface area contributed by atoms with E-state index in [9.17, 15) is 14.4 Å². The van der Waals surface area contributed by atoms with Crippen LogP contribution in [0.25, 0.3) is 28.1 Å². The summed E-state index contributed by atoms with van der Waals surface area (Å²) >= 11 is 7.21. The summed E-state index contributed by atoms with van der Waals surface area (Å²) in [6, 6.07) is 8.89. The Bertz CT molecular complexity index is 1650. The molecule has 3 N–H and O–H groups in total.